The molecule has 1 N–H and O–H groups in total. The highest BCUT2D eigenvalue weighted by Gasteiger charge is 2.29. The molecule has 0 atom stereocenters. The number of hydrogen-bond acceptors (Lipinski definition) is 11. The fraction of sp³-hybridized carbons (Fsp3) is 0.293. The highest BCUT2D eigenvalue weighted by atomic mass is 79.9. The summed E-state index contributed by atoms with van der Waals surface area (Å²) in [6.45, 7) is 14.7. The van der Waals surface area contributed by atoms with E-state index in [1.54, 1.807) is 32.3 Å². The zero-order chi connectivity index (χ0) is 41.8. The molecule has 304 valence electrons. The maximum absolute atomic E-state index is 13.4. The lowest BCUT2D eigenvalue weighted by Crippen LogP contribution is -2.38. The Morgan fingerprint density at radius 2 is 1.24 bits per heavy atom. The van der Waals surface area contributed by atoms with Gasteiger partial charge in [-0.05, 0) is 99.9 Å². The number of carbonyl (C=O) groups is 1. The second kappa shape index (κ2) is 17.5. The third-order valence-corrected chi connectivity index (χ3v) is 9.78. The van der Waals surface area contributed by atoms with E-state index in [0.717, 1.165) is 39.3 Å². The minimum absolute atomic E-state index is 0.195. The quantitative estimate of drug-likeness (QED) is 0.139. The summed E-state index contributed by atoms with van der Waals surface area (Å²) in [6, 6.07) is 19.6. The average molecular weight is 925 g/mol. The second-order valence-electron chi connectivity index (χ2n) is 15.2. The van der Waals surface area contributed by atoms with Gasteiger partial charge in [0.1, 0.15) is 5.60 Å². The topological polar surface area (TPSA) is 163 Å². The summed E-state index contributed by atoms with van der Waals surface area (Å²) in [6.07, 6.45) is 10.3. The first kappa shape index (κ1) is 41.2. The minimum Gasteiger partial charge on any atom is -0.443 e. The van der Waals surface area contributed by atoms with Gasteiger partial charge in [-0.1, -0.05) is 64.1 Å². The maximum Gasteiger partial charge on any atom is 0.417 e. The van der Waals surface area contributed by atoms with Gasteiger partial charge in [-0.25, -0.2) is 29.0 Å². The smallest absolute Gasteiger partial charge is 0.417 e. The summed E-state index contributed by atoms with van der Waals surface area (Å²) in [4.78, 5) is 32.9. The lowest BCUT2D eigenvalue weighted by atomic mass is 10.1. The molecule has 8 aromatic rings. The number of hydrogen-bond donors (Lipinski definition) is 1. The van der Waals surface area contributed by atoms with Crippen LogP contribution in [-0.4, -0.2) is 70.4 Å². The SMILES string of the molecule is CC(C)c1cnn2c(N(Cc3ccccc3-n3cccn3)C(=O)OC(C)(C)C)nc(Br)nc12.CC(C)c1cnn2c(NCc3ccccc3-n3cccn3)nc(Br)nc12. The van der Waals surface area contributed by atoms with Crippen LogP contribution in [0.2, 0.25) is 0 Å². The molecule has 0 aliphatic heterocycles. The first-order valence-corrected chi connectivity index (χ1v) is 20.6. The predicted molar refractivity (Wildman–Crippen MR) is 232 cm³/mol. The van der Waals surface area contributed by atoms with Gasteiger partial charge in [0.05, 0.1) is 30.3 Å². The van der Waals surface area contributed by atoms with Crippen LogP contribution >= 0.6 is 31.9 Å². The molecule has 0 fully saturated rings. The summed E-state index contributed by atoms with van der Waals surface area (Å²) in [5.41, 5.74) is 6.66. The number of halogens is 2. The molecule has 2 aromatic carbocycles. The first-order valence-electron chi connectivity index (χ1n) is 19.0. The molecule has 0 spiro atoms. The van der Waals surface area contributed by atoms with E-state index in [9.17, 15) is 4.79 Å². The molecule has 0 saturated carbocycles. The molecule has 0 unspecified atom stereocenters. The van der Waals surface area contributed by atoms with Crippen LogP contribution < -0.4 is 10.2 Å². The molecule has 1 amide bonds. The first-order chi connectivity index (χ1) is 28.3. The molecule has 0 aliphatic carbocycles. The summed E-state index contributed by atoms with van der Waals surface area (Å²) in [7, 11) is 0. The van der Waals surface area contributed by atoms with Crippen LogP contribution in [0.1, 0.15) is 82.6 Å². The van der Waals surface area contributed by atoms with Crippen LogP contribution in [0, 0.1) is 0 Å². The number of anilines is 2. The van der Waals surface area contributed by atoms with Crippen molar-refractivity contribution in [1.29, 1.82) is 0 Å². The molecule has 6 aromatic heterocycles. The molecule has 0 saturated heterocycles. The van der Waals surface area contributed by atoms with Crippen molar-refractivity contribution in [3.05, 3.63) is 130 Å². The largest absolute Gasteiger partial charge is 0.443 e. The fourth-order valence-corrected chi connectivity index (χ4v) is 6.94. The van der Waals surface area contributed by atoms with Gasteiger partial charge >= 0.3 is 6.09 Å². The number of aromatic nitrogens is 12. The van der Waals surface area contributed by atoms with E-state index in [0.29, 0.717) is 39.5 Å². The molecule has 59 heavy (non-hydrogen) atoms. The number of nitrogens with zero attached hydrogens (tertiary/aromatic N) is 13. The Hall–Kier alpha value is -6.01. The van der Waals surface area contributed by atoms with Gasteiger partial charge in [-0.3, -0.25) is 0 Å². The Balaban J connectivity index is 0.000000184. The Morgan fingerprint density at radius 1 is 0.712 bits per heavy atom. The van der Waals surface area contributed by atoms with Gasteiger partial charge in [0, 0.05) is 42.5 Å². The van der Waals surface area contributed by atoms with Crippen LogP contribution in [0.5, 0.6) is 0 Å². The number of amides is 1. The predicted octanol–water partition coefficient (Wildman–Crippen LogP) is 8.95. The van der Waals surface area contributed by atoms with Crippen LogP contribution in [0.15, 0.2) is 107 Å². The van der Waals surface area contributed by atoms with Gasteiger partial charge in [-0.15, -0.1) is 0 Å². The van der Waals surface area contributed by atoms with Gasteiger partial charge in [0.15, 0.2) is 11.3 Å². The Labute approximate surface area is 357 Å². The summed E-state index contributed by atoms with van der Waals surface area (Å²) < 4.78 is 13.6. The summed E-state index contributed by atoms with van der Waals surface area (Å²) >= 11 is 6.81. The monoisotopic (exact) mass is 922 g/mol. The standard InChI is InChI=1S/C23H26BrN7O2.C18H18BrN7/c1-15(2)17-13-26-31-19(17)27-20(24)28-21(31)29(22(32)33-23(3,4)5)14-16-9-6-7-10-18(16)30-12-8-11-25-30;1-12(2)14-11-22-26-16(14)23-17(19)24-18(26)20-10-13-6-3-4-7-15(13)25-9-5-8-21-25/h6-13,15H,14H2,1-5H3;3-9,11-12H,10H2,1-2H3,(H,20,23,24). The lowest BCUT2D eigenvalue weighted by molar-refractivity contribution is 0.0574. The zero-order valence-corrected chi connectivity index (χ0v) is 36.9. The van der Waals surface area contributed by atoms with E-state index in [-0.39, 0.29) is 12.5 Å². The second-order valence-corrected chi connectivity index (χ2v) is 16.6. The Bertz CT molecular complexity index is 2680. The average Bonchev–Trinajstić information content (AvgIpc) is 4.03. The Morgan fingerprint density at radius 3 is 1.80 bits per heavy atom. The van der Waals surface area contributed by atoms with Crippen molar-refractivity contribution in [2.45, 2.75) is 79.0 Å². The number of ether oxygens (including phenoxy) is 1. The normalized spacial score (nSPS) is 11.6. The van der Waals surface area contributed by atoms with Crippen LogP contribution in [-0.2, 0) is 17.8 Å². The van der Waals surface area contributed by atoms with E-state index < -0.39 is 11.7 Å². The van der Waals surface area contributed by atoms with E-state index >= 15 is 0 Å². The lowest BCUT2D eigenvalue weighted by Gasteiger charge is -2.27. The number of benzene rings is 2. The van der Waals surface area contributed by atoms with Gasteiger partial charge in [-0.2, -0.15) is 39.4 Å². The molecule has 8 rings (SSSR count). The van der Waals surface area contributed by atoms with Gasteiger partial charge < -0.3 is 10.1 Å². The van der Waals surface area contributed by atoms with Crippen LogP contribution in [0.4, 0.5) is 16.7 Å². The Kier molecular flexibility index (Phi) is 12.2. The third-order valence-electron chi connectivity index (χ3n) is 9.07. The maximum atomic E-state index is 13.4. The molecular formula is C41H44Br2N14O2. The molecule has 6 heterocycles. The van der Waals surface area contributed by atoms with E-state index in [1.165, 1.54) is 4.90 Å². The van der Waals surface area contributed by atoms with Crippen LogP contribution in [0.3, 0.4) is 0 Å². The van der Waals surface area contributed by atoms with Crippen molar-refractivity contribution < 1.29 is 9.53 Å². The number of rotatable bonds is 10. The number of carbonyl (C=O) groups excluding carboxylic acids is 1. The highest BCUT2D eigenvalue weighted by molar-refractivity contribution is 9.10. The fourth-order valence-electron chi connectivity index (χ4n) is 6.28. The summed E-state index contributed by atoms with van der Waals surface area (Å²) in [5.74, 6) is 1.49. The number of nitrogens with one attached hydrogen (secondary N) is 1. The van der Waals surface area contributed by atoms with Crippen molar-refractivity contribution >= 4 is 61.1 Å². The number of para-hydroxylation sites is 2. The van der Waals surface area contributed by atoms with Gasteiger partial charge in [0.25, 0.3) is 0 Å². The third kappa shape index (κ3) is 9.33. The molecular weight excluding hydrogens is 880 g/mol. The minimum atomic E-state index is -0.687. The van der Waals surface area contributed by atoms with Crippen molar-refractivity contribution in [1.82, 2.24) is 58.7 Å². The van der Waals surface area contributed by atoms with E-state index in [2.05, 4.69) is 111 Å². The van der Waals surface area contributed by atoms with Crippen LogP contribution in [0.25, 0.3) is 22.7 Å². The molecule has 0 aliphatic rings. The molecule has 16 nitrogen and oxygen atoms in total. The van der Waals surface area contributed by atoms with Crippen molar-refractivity contribution in [3.63, 3.8) is 0 Å². The molecule has 18 heteroatoms. The van der Waals surface area contributed by atoms with Gasteiger partial charge in [0.2, 0.25) is 21.4 Å². The van der Waals surface area contributed by atoms with Crippen molar-refractivity contribution in [2.24, 2.45) is 0 Å². The van der Waals surface area contributed by atoms with Crippen molar-refractivity contribution in [3.8, 4) is 11.4 Å². The van der Waals surface area contributed by atoms with Crippen molar-refractivity contribution in [2.75, 3.05) is 10.2 Å². The number of fused-ring (bicyclic) bond motifs is 2. The highest BCUT2D eigenvalue weighted by Crippen LogP contribution is 2.28. The summed E-state index contributed by atoms with van der Waals surface area (Å²) in [5, 5.41) is 21.0. The zero-order valence-electron chi connectivity index (χ0n) is 33.7. The van der Waals surface area contributed by atoms with E-state index in [4.69, 9.17) is 4.74 Å². The molecule has 0 bridgehead atoms. The van der Waals surface area contributed by atoms with E-state index in [1.807, 2.05) is 98.6 Å². The molecule has 0 radical (unpaired) electrons.